The maximum atomic E-state index is 2.49. The predicted molar refractivity (Wildman–Crippen MR) is 245 cm³/mol. The number of rotatable bonds is 4. The maximum Gasteiger partial charge on any atom is 0.0702 e. The Bertz CT molecular complexity index is 3110. The zero-order valence-electron chi connectivity index (χ0n) is 31.3. The van der Waals surface area contributed by atoms with Crippen molar-refractivity contribution in [1.29, 1.82) is 0 Å². The summed E-state index contributed by atoms with van der Waals surface area (Å²) in [6.45, 7) is 0. The zero-order chi connectivity index (χ0) is 37.5. The van der Waals surface area contributed by atoms with Gasteiger partial charge in [0.05, 0.1) is 5.41 Å². The molecule has 12 rings (SSSR count). The molecule has 264 valence electrons. The van der Waals surface area contributed by atoms with Crippen LogP contribution in [0.3, 0.4) is 0 Å². The van der Waals surface area contributed by atoms with Crippen molar-refractivity contribution in [3.05, 3.63) is 241 Å². The molecule has 0 fully saturated rings. The van der Waals surface area contributed by atoms with Gasteiger partial charge in [0.15, 0.2) is 0 Å². The van der Waals surface area contributed by atoms with Crippen LogP contribution in [-0.2, 0) is 5.41 Å². The third-order valence-corrected chi connectivity index (χ3v) is 12.7. The minimum Gasteiger partial charge on any atom is -0.0616 e. The molecule has 0 spiro atoms. The average molecular weight is 721 g/mol. The third kappa shape index (κ3) is 4.81. The quantitative estimate of drug-likeness (QED) is 0.125. The topological polar surface area (TPSA) is 0 Å². The summed E-state index contributed by atoms with van der Waals surface area (Å²) in [6.07, 6.45) is 0. The van der Waals surface area contributed by atoms with Gasteiger partial charge < -0.3 is 0 Å². The van der Waals surface area contributed by atoms with Crippen LogP contribution in [0.15, 0.2) is 218 Å². The highest BCUT2D eigenvalue weighted by Crippen LogP contribution is 2.49. The molecule has 0 saturated heterocycles. The lowest BCUT2D eigenvalue weighted by atomic mass is 9.64. The molecule has 0 aromatic heterocycles. The fraction of sp³-hybridized carbons (Fsp3) is 0.0175. The van der Waals surface area contributed by atoms with Crippen LogP contribution in [0.5, 0.6) is 0 Å². The van der Waals surface area contributed by atoms with E-state index in [9.17, 15) is 0 Å². The lowest BCUT2D eigenvalue weighted by Gasteiger charge is -2.38. The molecular weight excluding hydrogens is 685 g/mol. The van der Waals surface area contributed by atoms with Crippen LogP contribution in [0.2, 0.25) is 0 Å². The SMILES string of the molecule is c1ccc2c(c1)ccc1ccc(C(c3ccc4ccc5ccccc5c4c3)(c3ccc4ccc5ccccc5c4c3)c3ccc4ccc5ccccc5c4c3)cc12. The number of fused-ring (bicyclic) bond motifs is 12. The zero-order valence-corrected chi connectivity index (χ0v) is 31.3. The van der Waals surface area contributed by atoms with Crippen molar-refractivity contribution in [1.82, 2.24) is 0 Å². The highest BCUT2D eigenvalue weighted by Gasteiger charge is 2.39. The summed E-state index contributed by atoms with van der Waals surface area (Å²) in [6, 6.07) is 82.2. The van der Waals surface area contributed by atoms with Crippen LogP contribution in [-0.4, -0.2) is 0 Å². The summed E-state index contributed by atoms with van der Waals surface area (Å²) in [5.41, 5.74) is 4.26. The average Bonchev–Trinajstić information content (AvgIpc) is 3.29. The van der Waals surface area contributed by atoms with E-state index in [1.807, 2.05) is 0 Å². The van der Waals surface area contributed by atoms with E-state index >= 15 is 0 Å². The molecule has 12 aromatic rings. The molecule has 0 radical (unpaired) electrons. The molecule has 0 aliphatic heterocycles. The first kappa shape index (κ1) is 32.0. The number of hydrogen-bond donors (Lipinski definition) is 0. The molecule has 57 heavy (non-hydrogen) atoms. The Balaban J connectivity index is 1.29. The van der Waals surface area contributed by atoms with Gasteiger partial charge in [-0.1, -0.05) is 194 Å². The van der Waals surface area contributed by atoms with Gasteiger partial charge >= 0.3 is 0 Å². The van der Waals surface area contributed by atoms with E-state index in [0.29, 0.717) is 0 Å². The van der Waals surface area contributed by atoms with E-state index in [4.69, 9.17) is 0 Å². The van der Waals surface area contributed by atoms with Crippen molar-refractivity contribution in [3.8, 4) is 0 Å². The van der Waals surface area contributed by atoms with Gasteiger partial charge in [0.1, 0.15) is 0 Å². The van der Waals surface area contributed by atoms with E-state index < -0.39 is 5.41 Å². The molecular formula is C57H36. The minimum absolute atomic E-state index is 0.702. The van der Waals surface area contributed by atoms with Gasteiger partial charge in [-0.2, -0.15) is 0 Å². The monoisotopic (exact) mass is 720 g/mol. The lowest BCUT2D eigenvalue weighted by molar-refractivity contribution is 0.751. The molecule has 0 saturated carbocycles. The Labute approximate surface area is 330 Å². The van der Waals surface area contributed by atoms with Crippen molar-refractivity contribution in [2.45, 2.75) is 5.41 Å². The second-order valence-electron chi connectivity index (χ2n) is 15.6. The number of benzene rings is 12. The lowest BCUT2D eigenvalue weighted by Crippen LogP contribution is -2.31. The Hall–Kier alpha value is -7.28. The van der Waals surface area contributed by atoms with Gasteiger partial charge in [0, 0.05) is 0 Å². The van der Waals surface area contributed by atoms with Gasteiger partial charge in [-0.3, -0.25) is 0 Å². The van der Waals surface area contributed by atoms with Crippen molar-refractivity contribution >= 4 is 86.2 Å². The van der Waals surface area contributed by atoms with Crippen LogP contribution in [0.4, 0.5) is 0 Å². The fourth-order valence-electron chi connectivity index (χ4n) is 9.94. The van der Waals surface area contributed by atoms with Crippen LogP contribution in [0.1, 0.15) is 22.3 Å². The molecule has 0 N–H and O–H groups in total. The number of hydrogen-bond acceptors (Lipinski definition) is 0. The molecule has 0 aliphatic rings. The molecule has 0 heterocycles. The van der Waals surface area contributed by atoms with Crippen molar-refractivity contribution in [3.63, 3.8) is 0 Å². The first-order chi connectivity index (χ1) is 28.2. The fourth-order valence-corrected chi connectivity index (χ4v) is 9.94. The van der Waals surface area contributed by atoms with E-state index in [1.165, 1.54) is 108 Å². The van der Waals surface area contributed by atoms with Crippen LogP contribution >= 0.6 is 0 Å². The molecule has 0 unspecified atom stereocenters. The van der Waals surface area contributed by atoms with E-state index in [0.717, 1.165) is 0 Å². The van der Waals surface area contributed by atoms with E-state index in [-0.39, 0.29) is 0 Å². The molecule has 0 amide bonds. The summed E-state index contributed by atoms with van der Waals surface area (Å²) in [4.78, 5) is 0. The van der Waals surface area contributed by atoms with Gasteiger partial charge in [-0.15, -0.1) is 0 Å². The first-order valence-corrected chi connectivity index (χ1v) is 19.9. The summed E-state index contributed by atoms with van der Waals surface area (Å²) in [5.74, 6) is 0. The highest BCUT2D eigenvalue weighted by atomic mass is 14.4. The summed E-state index contributed by atoms with van der Waals surface area (Å²) in [5, 5.41) is 20.1. The smallest absolute Gasteiger partial charge is 0.0616 e. The molecule has 0 aliphatic carbocycles. The minimum atomic E-state index is -0.702. The van der Waals surface area contributed by atoms with Gasteiger partial charge in [-0.25, -0.2) is 0 Å². The largest absolute Gasteiger partial charge is 0.0702 e. The molecule has 0 heteroatoms. The third-order valence-electron chi connectivity index (χ3n) is 12.7. The van der Waals surface area contributed by atoms with Crippen molar-refractivity contribution in [2.24, 2.45) is 0 Å². The Morgan fingerprint density at radius 2 is 0.368 bits per heavy atom. The van der Waals surface area contributed by atoms with Crippen LogP contribution in [0, 0.1) is 0 Å². The van der Waals surface area contributed by atoms with Crippen molar-refractivity contribution < 1.29 is 0 Å². The highest BCUT2D eigenvalue weighted by molar-refractivity contribution is 6.11. The summed E-state index contributed by atoms with van der Waals surface area (Å²) >= 11 is 0. The Kier molecular flexibility index (Phi) is 6.94. The van der Waals surface area contributed by atoms with Gasteiger partial charge in [0.25, 0.3) is 0 Å². The second-order valence-corrected chi connectivity index (χ2v) is 15.6. The predicted octanol–water partition coefficient (Wildman–Crippen LogP) is 15.3. The molecule has 0 nitrogen and oxygen atoms in total. The van der Waals surface area contributed by atoms with E-state index in [2.05, 4.69) is 218 Å². The van der Waals surface area contributed by atoms with Crippen LogP contribution < -0.4 is 0 Å². The first-order valence-electron chi connectivity index (χ1n) is 19.9. The maximum absolute atomic E-state index is 2.49. The van der Waals surface area contributed by atoms with Crippen LogP contribution in [0.25, 0.3) is 86.2 Å². The van der Waals surface area contributed by atoms with E-state index in [1.54, 1.807) is 0 Å². The Morgan fingerprint density at radius 1 is 0.175 bits per heavy atom. The molecule has 0 atom stereocenters. The summed E-state index contributed by atoms with van der Waals surface area (Å²) in [7, 11) is 0. The second kappa shape index (κ2) is 12.4. The van der Waals surface area contributed by atoms with Gasteiger partial charge in [0.2, 0.25) is 0 Å². The Morgan fingerprint density at radius 3 is 0.614 bits per heavy atom. The normalized spacial score (nSPS) is 12.2. The van der Waals surface area contributed by atoms with Crippen molar-refractivity contribution in [2.75, 3.05) is 0 Å². The van der Waals surface area contributed by atoms with Gasteiger partial charge in [-0.05, 0) is 133 Å². The molecule has 0 bridgehead atoms. The molecule has 12 aromatic carbocycles. The summed E-state index contributed by atoms with van der Waals surface area (Å²) < 4.78 is 0. The standard InChI is InChI=1S/C57H36/c1-5-13-49-37(9-1)17-21-41-25-29-45(33-53(41)49)57(46-30-26-42-22-18-38-10-2-6-14-50(38)54(42)34-46,47-31-27-43-23-19-39-11-3-7-15-51(39)55(43)35-47)48-32-28-44-24-20-40-12-4-8-16-52(40)56(44)36-48/h1-36H.